The number of aryl methyl sites for hydroxylation is 1. The van der Waals surface area contributed by atoms with Gasteiger partial charge in [-0.05, 0) is 50.5 Å². The molecule has 1 aromatic heterocycles. The molecule has 1 aliphatic heterocycles. The minimum atomic E-state index is -0.501. The smallest absolute Gasteiger partial charge is 0.322 e. The van der Waals surface area contributed by atoms with Gasteiger partial charge < -0.3 is 14.4 Å². The molecule has 0 unspecified atom stereocenters. The first kappa shape index (κ1) is 16.6. The first-order chi connectivity index (χ1) is 11.4. The second-order valence-electron chi connectivity index (χ2n) is 6.45. The quantitative estimate of drug-likeness (QED) is 0.900. The Balaban J connectivity index is 1.84. The van der Waals surface area contributed by atoms with Crippen molar-refractivity contribution in [2.75, 3.05) is 19.0 Å². The number of carbonyl (C=O) groups is 1. The minimum absolute atomic E-state index is 0.154. The van der Waals surface area contributed by atoms with Gasteiger partial charge in [-0.15, -0.1) is 0 Å². The molecule has 2 amide bonds. The molecule has 3 rings (SSSR count). The van der Waals surface area contributed by atoms with Gasteiger partial charge in [-0.25, -0.2) is 4.79 Å². The number of nitrogens with one attached hydrogen (secondary N) is 1. The summed E-state index contributed by atoms with van der Waals surface area (Å²) in [5, 5.41) is 3.66. The molecule has 0 radical (unpaired) electrons. The van der Waals surface area contributed by atoms with Crippen LogP contribution in [0.1, 0.15) is 25.1 Å². The largest absolute Gasteiger partial charge is 0.497 e. The standard InChI is InChI=1S/C17H21N3O3S/c1-11-7-15(24-19-11)18-16(21)20-9-12-5-6-13(22-4)8-14(12)23-17(2,3)10-20/h5-8H,9-10H2,1-4H3,(H,18,21). The molecule has 0 saturated carbocycles. The molecule has 0 aliphatic carbocycles. The molecule has 1 N–H and O–H groups in total. The van der Waals surface area contributed by atoms with Gasteiger partial charge in [-0.3, -0.25) is 5.32 Å². The second kappa shape index (κ2) is 6.32. The molecule has 0 atom stereocenters. The monoisotopic (exact) mass is 347 g/mol. The van der Waals surface area contributed by atoms with Gasteiger partial charge in [-0.2, -0.15) is 4.37 Å². The maximum Gasteiger partial charge on any atom is 0.322 e. The fourth-order valence-corrected chi connectivity index (χ4v) is 3.34. The number of hydrogen-bond donors (Lipinski definition) is 1. The van der Waals surface area contributed by atoms with Crippen molar-refractivity contribution in [1.29, 1.82) is 0 Å². The van der Waals surface area contributed by atoms with Gasteiger partial charge in [-0.1, -0.05) is 0 Å². The normalized spacial score (nSPS) is 15.9. The van der Waals surface area contributed by atoms with Crippen molar-refractivity contribution >= 4 is 22.6 Å². The Hall–Kier alpha value is -2.28. The molecule has 6 nitrogen and oxygen atoms in total. The highest BCUT2D eigenvalue weighted by Crippen LogP contribution is 2.33. The average molecular weight is 347 g/mol. The van der Waals surface area contributed by atoms with E-state index < -0.39 is 5.60 Å². The zero-order valence-electron chi connectivity index (χ0n) is 14.3. The lowest BCUT2D eigenvalue weighted by atomic mass is 10.1. The van der Waals surface area contributed by atoms with Crippen molar-refractivity contribution < 1.29 is 14.3 Å². The van der Waals surface area contributed by atoms with Crippen molar-refractivity contribution in [2.24, 2.45) is 0 Å². The van der Waals surface area contributed by atoms with E-state index >= 15 is 0 Å². The Morgan fingerprint density at radius 2 is 2.21 bits per heavy atom. The van der Waals surface area contributed by atoms with E-state index in [1.807, 2.05) is 45.0 Å². The van der Waals surface area contributed by atoms with Gasteiger partial charge in [0.25, 0.3) is 0 Å². The average Bonchev–Trinajstić information content (AvgIpc) is 2.85. The van der Waals surface area contributed by atoms with Gasteiger partial charge in [0.15, 0.2) is 0 Å². The van der Waals surface area contributed by atoms with E-state index in [1.54, 1.807) is 12.0 Å². The number of rotatable bonds is 2. The summed E-state index contributed by atoms with van der Waals surface area (Å²) in [7, 11) is 1.63. The van der Waals surface area contributed by atoms with E-state index in [-0.39, 0.29) is 6.03 Å². The highest BCUT2D eigenvalue weighted by molar-refractivity contribution is 7.10. The van der Waals surface area contributed by atoms with Gasteiger partial charge in [0, 0.05) is 11.6 Å². The van der Waals surface area contributed by atoms with E-state index in [9.17, 15) is 4.79 Å². The van der Waals surface area contributed by atoms with Crippen LogP contribution >= 0.6 is 11.5 Å². The number of aromatic nitrogens is 1. The summed E-state index contributed by atoms with van der Waals surface area (Å²) in [6.07, 6.45) is 0. The van der Waals surface area contributed by atoms with Crippen LogP contribution in [0.25, 0.3) is 0 Å². The molecule has 0 saturated heterocycles. The molecule has 2 aromatic rings. The van der Waals surface area contributed by atoms with Crippen molar-refractivity contribution in [3.8, 4) is 11.5 Å². The molecular formula is C17H21N3O3S. The van der Waals surface area contributed by atoms with Crippen LogP contribution in [0.3, 0.4) is 0 Å². The summed E-state index contributed by atoms with van der Waals surface area (Å²) in [5.74, 6) is 1.49. The number of nitrogens with zero attached hydrogens (tertiary/aromatic N) is 2. The van der Waals surface area contributed by atoms with E-state index in [4.69, 9.17) is 9.47 Å². The molecule has 2 heterocycles. The van der Waals surface area contributed by atoms with Crippen LogP contribution < -0.4 is 14.8 Å². The highest BCUT2D eigenvalue weighted by atomic mass is 32.1. The zero-order chi connectivity index (χ0) is 17.3. The van der Waals surface area contributed by atoms with E-state index in [2.05, 4.69) is 9.69 Å². The Morgan fingerprint density at radius 1 is 1.42 bits per heavy atom. The van der Waals surface area contributed by atoms with E-state index in [0.29, 0.717) is 13.1 Å². The zero-order valence-corrected chi connectivity index (χ0v) is 15.1. The van der Waals surface area contributed by atoms with Crippen LogP contribution in [-0.4, -0.2) is 34.6 Å². The number of fused-ring (bicyclic) bond motifs is 1. The SMILES string of the molecule is COc1ccc2c(c1)OC(C)(C)CN(C(=O)Nc1cc(C)ns1)C2. The van der Waals surface area contributed by atoms with Crippen LogP contribution in [0.4, 0.5) is 9.80 Å². The van der Waals surface area contributed by atoms with E-state index in [0.717, 1.165) is 27.8 Å². The van der Waals surface area contributed by atoms with Gasteiger partial charge >= 0.3 is 6.03 Å². The molecule has 0 bridgehead atoms. The summed E-state index contributed by atoms with van der Waals surface area (Å²) in [6.45, 7) is 6.80. The predicted molar refractivity (Wildman–Crippen MR) is 94.0 cm³/mol. The Labute approximate surface area is 145 Å². The Bertz CT molecular complexity index is 757. The topological polar surface area (TPSA) is 63.7 Å². The number of anilines is 1. The highest BCUT2D eigenvalue weighted by Gasteiger charge is 2.32. The fraction of sp³-hybridized carbons (Fsp3) is 0.412. The number of carbonyl (C=O) groups excluding carboxylic acids is 1. The number of ether oxygens (including phenoxy) is 2. The molecular weight excluding hydrogens is 326 g/mol. The second-order valence-corrected chi connectivity index (χ2v) is 7.26. The molecule has 7 heteroatoms. The lowest BCUT2D eigenvalue weighted by Gasteiger charge is -2.29. The lowest BCUT2D eigenvalue weighted by molar-refractivity contribution is 0.0833. The molecule has 0 spiro atoms. The molecule has 128 valence electrons. The third-order valence-electron chi connectivity index (χ3n) is 3.74. The van der Waals surface area contributed by atoms with Crippen molar-refractivity contribution in [2.45, 2.75) is 32.9 Å². The third kappa shape index (κ3) is 3.62. The fourth-order valence-electron chi connectivity index (χ4n) is 2.69. The van der Waals surface area contributed by atoms with Crippen LogP contribution in [0, 0.1) is 6.92 Å². The van der Waals surface area contributed by atoms with Crippen LogP contribution in [0.2, 0.25) is 0 Å². The third-order valence-corrected chi connectivity index (χ3v) is 4.53. The summed E-state index contributed by atoms with van der Waals surface area (Å²) in [4.78, 5) is 14.4. The predicted octanol–water partition coefficient (Wildman–Crippen LogP) is 3.67. The van der Waals surface area contributed by atoms with Crippen LogP contribution in [-0.2, 0) is 6.54 Å². The number of urea groups is 1. The number of amides is 2. The maximum absolute atomic E-state index is 12.7. The first-order valence-corrected chi connectivity index (χ1v) is 8.49. The number of hydrogen-bond acceptors (Lipinski definition) is 5. The molecule has 1 aromatic carbocycles. The van der Waals surface area contributed by atoms with Crippen molar-refractivity contribution in [3.63, 3.8) is 0 Å². The Kier molecular flexibility index (Phi) is 4.36. The summed E-state index contributed by atoms with van der Waals surface area (Å²) < 4.78 is 15.6. The number of methoxy groups -OCH3 is 1. The van der Waals surface area contributed by atoms with Crippen molar-refractivity contribution in [1.82, 2.24) is 9.27 Å². The maximum atomic E-state index is 12.7. The van der Waals surface area contributed by atoms with Gasteiger partial charge in [0.1, 0.15) is 22.1 Å². The van der Waals surface area contributed by atoms with Crippen LogP contribution in [0.15, 0.2) is 24.3 Å². The van der Waals surface area contributed by atoms with Crippen molar-refractivity contribution in [3.05, 3.63) is 35.5 Å². The van der Waals surface area contributed by atoms with E-state index in [1.165, 1.54) is 11.5 Å². The summed E-state index contributed by atoms with van der Waals surface area (Å²) >= 11 is 1.28. The van der Waals surface area contributed by atoms with Gasteiger partial charge in [0.2, 0.25) is 0 Å². The molecule has 24 heavy (non-hydrogen) atoms. The molecule has 0 fully saturated rings. The summed E-state index contributed by atoms with van der Waals surface area (Å²) in [5.41, 5.74) is 1.35. The number of benzene rings is 1. The Morgan fingerprint density at radius 3 is 2.88 bits per heavy atom. The molecule has 1 aliphatic rings. The summed E-state index contributed by atoms with van der Waals surface area (Å²) in [6, 6.07) is 7.39. The van der Waals surface area contributed by atoms with Crippen LogP contribution in [0.5, 0.6) is 11.5 Å². The minimum Gasteiger partial charge on any atom is -0.497 e. The lowest BCUT2D eigenvalue weighted by Crippen LogP contribution is -2.44. The first-order valence-electron chi connectivity index (χ1n) is 7.71. The van der Waals surface area contributed by atoms with Gasteiger partial charge in [0.05, 0.1) is 25.9 Å².